The van der Waals surface area contributed by atoms with Gasteiger partial charge in [-0.15, -0.1) is 0 Å². The predicted octanol–water partition coefficient (Wildman–Crippen LogP) is 2.97. The second kappa shape index (κ2) is 8.60. The third-order valence-corrected chi connectivity index (χ3v) is 3.94. The van der Waals surface area contributed by atoms with Crippen LogP contribution in [0.1, 0.15) is 12.5 Å². The van der Waals surface area contributed by atoms with Crippen LogP contribution in [0.4, 0.5) is 5.69 Å². The number of hydrazone groups is 1. The number of anilines is 1. The lowest BCUT2D eigenvalue weighted by Crippen LogP contribution is -2.29. The number of carboxylic acids is 1. The minimum atomic E-state index is -1.31. The molecule has 8 heteroatoms. The Hall–Kier alpha value is -2.44. The average molecular weight is 382 g/mol. The SMILES string of the molecule is COc1cc(/C(C)=N\Nc2ccc(Cl)c(Cl)c2)ccc1OCC(=O)[O-]. The monoisotopic (exact) mass is 381 g/mol. The van der Waals surface area contributed by atoms with E-state index in [4.69, 9.17) is 32.7 Å². The first-order valence-electron chi connectivity index (χ1n) is 7.17. The van der Waals surface area contributed by atoms with Gasteiger partial charge in [-0.3, -0.25) is 5.43 Å². The second-order valence-electron chi connectivity index (χ2n) is 4.96. The van der Waals surface area contributed by atoms with E-state index >= 15 is 0 Å². The Balaban J connectivity index is 2.15. The molecular weight excluding hydrogens is 367 g/mol. The molecule has 0 heterocycles. The number of halogens is 2. The number of hydrogen-bond acceptors (Lipinski definition) is 6. The van der Waals surface area contributed by atoms with Gasteiger partial charge < -0.3 is 19.4 Å². The van der Waals surface area contributed by atoms with Gasteiger partial charge in [-0.1, -0.05) is 23.2 Å². The molecule has 0 spiro atoms. The Labute approximate surface area is 155 Å². The zero-order valence-electron chi connectivity index (χ0n) is 13.5. The zero-order valence-corrected chi connectivity index (χ0v) is 15.0. The summed E-state index contributed by atoms with van der Waals surface area (Å²) in [5.74, 6) is -0.613. The second-order valence-corrected chi connectivity index (χ2v) is 5.78. The highest BCUT2D eigenvalue weighted by atomic mass is 35.5. The third-order valence-electron chi connectivity index (χ3n) is 3.20. The van der Waals surface area contributed by atoms with Crippen molar-refractivity contribution in [3.05, 3.63) is 52.0 Å². The van der Waals surface area contributed by atoms with Crippen molar-refractivity contribution >= 4 is 40.6 Å². The van der Waals surface area contributed by atoms with Crippen LogP contribution in [0.3, 0.4) is 0 Å². The van der Waals surface area contributed by atoms with Gasteiger partial charge in [0.2, 0.25) is 0 Å². The van der Waals surface area contributed by atoms with Crippen LogP contribution >= 0.6 is 23.2 Å². The van der Waals surface area contributed by atoms with Crippen LogP contribution in [0, 0.1) is 0 Å². The maximum atomic E-state index is 10.5. The Morgan fingerprint density at radius 2 is 1.92 bits per heavy atom. The van der Waals surface area contributed by atoms with Crippen LogP contribution in [0.15, 0.2) is 41.5 Å². The molecule has 0 saturated carbocycles. The maximum Gasteiger partial charge on any atom is 0.161 e. The van der Waals surface area contributed by atoms with Crippen molar-refractivity contribution in [2.45, 2.75) is 6.92 Å². The quantitative estimate of drug-likeness (QED) is 0.588. The van der Waals surface area contributed by atoms with E-state index in [-0.39, 0.29) is 0 Å². The average Bonchev–Trinajstić information content (AvgIpc) is 2.60. The van der Waals surface area contributed by atoms with Crippen molar-refractivity contribution < 1.29 is 19.4 Å². The molecule has 0 aromatic heterocycles. The van der Waals surface area contributed by atoms with Crippen molar-refractivity contribution in [3.63, 3.8) is 0 Å². The normalized spacial score (nSPS) is 11.1. The molecule has 0 radical (unpaired) electrons. The Morgan fingerprint density at radius 3 is 2.56 bits per heavy atom. The van der Waals surface area contributed by atoms with E-state index in [1.807, 2.05) is 0 Å². The fourth-order valence-corrected chi connectivity index (χ4v) is 2.23. The van der Waals surface area contributed by atoms with Gasteiger partial charge in [-0.2, -0.15) is 5.10 Å². The van der Waals surface area contributed by atoms with E-state index in [1.54, 1.807) is 43.3 Å². The molecule has 25 heavy (non-hydrogen) atoms. The summed E-state index contributed by atoms with van der Waals surface area (Å²) >= 11 is 11.8. The highest BCUT2D eigenvalue weighted by Crippen LogP contribution is 2.28. The van der Waals surface area contributed by atoms with Gasteiger partial charge in [-0.25, -0.2) is 0 Å². The number of carbonyl (C=O) groups is 1. The number of rotatable bonds is 7. The molecule has 0 atom stereocenters. The van der Waals surface area contributed by atoms with Crippen molar-refractivity contribution in [2.24, 2.45) is 5.10 Å². The third kappa shape index (κ3) is 5.27. The maximum absolute atomic E-state index is 10.5. The zero-order chi connectivity index (χ0) is 18.4. The van der Waals surface area contributed by atoms with E-state index < -0.39 is 12.6 Å². The molecule has 0 fully saturated rings. The molecule has 0 aliphatic carbocycles. The van der Waals surface area contributed by atoms with Crippen molar-refractivity contribution in [1.82, 2.24) is 0 Å². The topological polar surface area (TPSA) is 83.0 Å². The van der Waals surface area contributed by atoms with Gasteiger partial charge in [0.05, 0.1) is 34.5 Å². The number of ether oxygens (including phenoxy) is 2. The molecule has 0 aliphatic heterocycles. The van der Waals surface area contributed by atoms with Crippen LogP contribution in [-0.4, -0.2) is 25.4 Å². The molecule has 0 saturated heterocycles. The molecule has 2 aromatic rings. The Morgan fingerprint density at radius 1 is 1.16 bits per heavy atom. The molecule has 2 aromatic carbocycles. The highest BCUT2D eigenvalue weighted by Gasteiger charge is 2.08. The van der Waals surface area contributed by atoms with Crippen LogP contribution in [-0.2, 0) is 4.79 Å². The van der Waals surface area contributed by atoms with Crippen LogP contribution in [0.2, 0.25) is 10.0 Å². The minimum absolute atomic E-state index is 0.306. The molecule has 2 rings (SSSR count). The fourth-order valence-electron chi connectivity index (χ4n) is 1.93. The summed E-state index contributed by atoms with van der Waals surface area (Å²) in [5, 5.41) is 15.7. The molecule has 1 N–H and O–H groups in total. The number of methoxy groups -OCH3 is 1. The van der Waals surface area contributed by atoms with Crippen LogP contribution in [0.5, 0.6) is 11.5 Å². The first-order valence-corrected chi connectivity index (χ1v) is 7.92. The highest BCUT2D eigenvalue weighted by molar-refractivity contribution is 6.42. The smallest absolute Gasteiger partial charge is 0.161 e. The molecule has 0 bridgehead atoms. The largest absolute Gasteiger partial charge is 0.546 e. The van der Waals surface area contributed by atoms with Gasteiger partial charge in [0.25, 0.3) is 0 Å². The van der Waals surface area contributed by atoms with Gasteiger partial charge >= 0.3 is 0 Å². The van der Waals surface area contributed by atoms with Crippen LogP contribution in [0.25, 0.3) is 0 Å². The number of nitrogens with zero attached hydrogens (tertiary/aromatic N) is 1. The first kappa shape index (κ1) is 18.9. The van der Waals surface area contributed by atoms with Gasteiger partial charge in [-0.05, 0) is 43.3 Å². The summed E-state index contributed by atoms with van der Waals surface area (Å²) in [6.07, 6.45) is 0. The van der Waals surface area contributed by atoms with Gasteiger partial charge in [0.1, 0.15) is 6.61 Å². The van der Waals surface area contributed by atoms with Crippen molar-refractivity contribution in [2.75, 3.05) is 19.1 Å². The summed E-state index contributed by atoms with van der Waals surface area (Å²) in [6.45, 7) is 1.25. The standard InChI is InChI=1S/C17H16Cl2N2O4/c1-10(20-21-12-4-5-13(18)14(19)8-12)11-3-6-15(16(7-11)24-2)25-9-17(22)23/h3-8,21H,9H2,1-2H3,(H,22,23)/p-1/b20-10-. The number of carboxylic acid groups (broad SMARTS) is 1. The Bertz CT molecular complexity index is 809. The van der Waals surface area contributed by atoms with Gasteiger partial charge in [0, 0.05) is 5.56 Å². The van der Waals surface area contributed by atoms with Gasteiger partial charge in [0.15, 0.2) is 11.5 Å². The van der Waals surface area contributed by atoms with E-state index in [0.29, 0.717) is 32.9 Å². The summed E-state index contributed by atoms with van der Waals surface area (Å²) in [4.78, 5) is 10.5. The van der Waals surface area contributed by atoms with Crippen molar-refractivity contribution in [1.29, 1.82) is 0 Å². The number of hydrogen-bond donors (Lipinski definition) is 1. The van der Waals surface area contributed by atoms with E-state index in [2.05, 4.69) is 10.5 Å². The summed E-state index contributed by atoms with van der Waals surface area (Å²) in [6, 6.07) is 10.1. The van der Waals surface area contributed by atoms with Crippen molar-refractivity contribution in [3.8, 4) is 11.5 Å². The predicted molar refractivity (Wildman–Crippen MR) is 95.8 cm³/mol. The lowest BCUT2D eigenvalue weighted by Gasteiger charge is -2.12. The van der Waals surface area contributed by atoms with E-state index in [0.717, 1.165) is 5.56 Å². The first-order chi connectivity index (χ1) is 11.9. The van der Waals surface area contributed by atoms with E-state index in [9.17, 15) is 9.90 Å². The molecular formula is C17H15Cl2N2O4-. The Kier molecular flexibility index (Phi) is 6.50. The lowest BCUT2D eigenvalue weighted by molar-refractivity contribution is -0.307. The minimum Gasteiger partial charge on any atom is -0.546 e. The molecule has 0 amide bonds. The fraction of sp³-hybridized carbons (Fsp3) is 0.176. The molecule has 0 aliphatic rings. The molecule has 132 valence electrons. The summed E-state index contributed by atoms with van der Waals surface area (Å²) < 4.78 is 10.3. The molecule has 0 unspecified atom stereocenters. The number of aliphatic carboxylic acids is 1. The summed E-state index contributed by atoms with van der Waals surface area (Å²) in [5.41, 5.74) is 5.02. The number of benzene rings is 2. The number of carbonyl (C=O) groups excluding carboxylic acids is 1. The summed E-state index contributed by atoms with van der Waals surface area (Å²) in [7, 11) is 1.46. The number of nitrogens with one attached hydrogen (secondary N) is 1. The molecule has 6 nitrogen and oxygen atoms in total. The lowest BCUT2D eigenvalue weighted by atomic mass is 10.1. The van der Waals surface area contributed by atoms with E-state index in [1.165, 1.54) is 7.11 Å². The van der Waals surface area contributed by atoms with Crippen LogP contribution < -0.4 is 20.0 Å².